The molecule has 0 aliphatic carbocycles. The van der Waals surface area contributed by atoms with E-state index in [1.54, 1.807) is 12.1 Å². The molecule has 0 aromatic heterocycles. The Hall–Kier alpha value is -1.33. The molecular formula is C12H13ClO4S. The number of sulfone groups is 1. The van der Waals surface area contributed by atoms with E-state index < -0.39 is 15.8 Å². The highest BCUT2D eigenvalue weighted by Gasteiger charge is 2.09. The molecule has 0 saturated heterocycles. The van der Waals surface area contributed by atoms with Crippen molar-refractivity contribution in [3.63, 3.8) is 0 Å². The lowest BCUT2D eigenvalue weighted by Crippen LogP contribution is -2.07. The minimum absolute atomic E-state index is 0.0501. The lowest BCUT2D eigenvalue weighted by Gasteiger charge is -2.04. The molecule has 0 radical (unpaired) electrons. The molecule has 0 aliphatic heterocycles. The number of ether oxygens (including phenoxy) is 1. The molecule has 0 fully saturated rings. The van der Waals surface area contributed by atoms with E-state index in [0.29, 0.717) is 11.1 Å². The normalized spacial score (nSPS) is 11.0. The van der Waals surface area contributed by atoms with Crippen LogP contribution in [0.1, 0.15) is 15.9 Å². The highest BCUT2D eigenvalue weighted by molar-refractivity contribution is 7.89. The standard InChI is InChI=1S/C12H13ClO4S/c1-9(13)7-17-12(14)11-5-3-10(4-6-11)8-18(2,15)16/h3-6H,1,7-8H2,2H3. The molecule has 0 aliphatic rings. The summed E-state index contributed by atoms with van der Waals surface area (Å²) in [6, 6.07) is 6.18. The van der Waals surface area contributed by atoms with E-state index in [4.69, 9.17) is 16.3 Å². The van der Waals surface area contributed by atoms with Gasteiger partial charge in [0.15, 0.2) is 9.84 Å². The van der Waals surface area contributed by atoms with Crippen LogP contribution in [0, 0.1) is 0 Å². The van der Waals surface area contributed by atoms with Crippen LogP contribution in [0.25, 0.3) is 0 Å². The number of hydrogen-bond acceptors (Lipinski definition) is 4. The molecule has 98 valence electrons. The molecule has 1 aromatic rings. The van der Waals surface area contributed by atoms with Gasteiger partial charge in [0.2, 0.25) is 0 Å². The van der Waals surface area contributed by atoms with Crippen molar-refractivity contribution in [1.29, 1.82) is 0 Å². The molecule has 18 heavy (non-hydrogen) atoms. The van der Waals surface area contributed by atoms with Crippen molar-refractivity contribution in [3.8, 4) is 0 Å². The van der Waals surface area contributed by atoms with Gasteiger partial charge >= 0.3 is 5.97 Å². The van der Waals surface area contributed by atoms with Crippen LogP contribution >= 0.6 is 11.6 Å². The Kier molecular flexibility index (Phi) is 4.93. The molecule has 0 amide bonds. The van der Waals surface area contributed by atoms with E-state index in [1.165, 1.54) is 12.1 Å². The van der Waals surface area contributed by atoms with Crippen LogP contribution in [0.4, 0.5) is 0 Å². The highest BCUT2D eigenvalue weighted by Crippen LogP contribution is 2.09. The van der Waals surface area contributed by atoms with Gasteiger partial charge < -0.3 is 4.74 Å². The highest BCUT2D eigenvalue weighted by atomic mass is 35.5. The molecule has 0 atom stereocenters. The van der Waals surface area contributed by atoms with E-state index >= 15 is 0 Å². The first-order valence-corrected chi connectivity index (χ1v) is 7.49. The summed E-state index contributed by atoms with van der Waals surface area (Å²) in [5.74, 6) is -0.580. The summed E-state index contributed by atoms with van der Waals surface area (Å²) < 4.78 is 27.0. The lowest BCUT2D eigenvalue weighted by molar-refractivity contribution is 0.0546. The summed E-state index contributed by atoms with van der Waals surface area (Å²) in [7, 11) is -3.08. The Balaban J connectivity index is 2.71. The van der Waals surface area contributed by atoms with Crippen LogP contribution in [0.3, 0.4) is 0 Å². The van der Waals surface area contributed by atoms with E-state index in [-0.39, 0.29) is 17.4 Å². The Bertz CT molecular complexity index is 546. The number of carbonyl (C=O) groups excluding carboxylic acids is 1. The largest absolute Gasteiger partial charge is 0.456 e. The minimum Gasteiger partial charge on any atom is -0.456 e. The molecule has 0 spiro atoms. The minimum atomic E-state index is -3.08. The number of carbonyl (C=O) groups is 1. The maximum atomic E-state index is 11.5. The molecule has 0 unspecified atom stereocenters. The lowest BCUT2D eigenvalue weighted by atomic mass is 10.1. The van der Waals surface area contributed by atoms with Crippen molar-refractivity contribution in [2.75, 3.05) is 12.9 Å². The van der Waals surface area contributed by atoms with Gasteiger partial charge in [0.1, 0.15) is 6.61 Å². The van der Waals surface area contributed by atoms with E-state index in [0.717, 1.165) is 6.26 Å². The topological polar surface area (TPSA) is 60.4 Å². The molecule has 0 heterocycles. The van der Waals surface area contributed by atoms with Crippen molar-refractivity contribution in [3.05, 3.63) is 47.0 Å². The van der Waals surface area contributed by atoms with E-state index in [1.807, 2.05) is 0 Å². The molecule has 4 nitrogen and oxygen atoms in total. The zero-order valence-electron chi connectivity index (χ0n) is 9.85. The van der Waals surface area contributed by atoms with E-state index in [9.17, 15) is 13.2 Å². The zero-order valence-corrected chi connectivity index (χ0v) is 11.4. The van der Waals surface area contributed by atoms with Gasteiger partial charge in [-0.2, -0.15) is 0 Å². The predicted molar refractivity (Wildman–Crippen MR) is 70.3 cm³/mol. The monoisotopic (exact) mass is 288 g/mol. The van der Waals surface area contributed by atoms with Crippen molar-refractivity contribution < 1.29 is 17.9 Å². The van der Waals surface area contributed by atoms with Crippen LogP contribution in [0.15, 0.2) is 35.9 Å². The van der Waals surface area contributed by atoms with Crippen molar-refractivity contribution >= 4 is 27.4 Å². The van der Waals surface area contributed by atoms with Gasteiger partial charge in [0, 0.05) is 11.3 Å². The van der Waals surface area contributed by atoms with Crippen LogP contribution in [0.5, 0.6) is 0 Å². The molecular weight excluding hydrogens is 276 g/mol. The third-order valence-electron chi connectivity index (χ3n) is 1.98. The third-order valence-corrected chi connectivity index (χ3v) is 2.95. The fourth-order valence-corrected chi connectivity index (χ4v) is 2.12. The maximum Gasteiger partial charge on any atom is 0.338 e. The zero-order chi connectivity index (χ0) is 13.8. The maximum absolute atomic E-state index is 11.5. The Labute approximate surface area is 111 Å². The quantitative estimate of drug-likeness (QED) is 0.779. The summed E-state index contributed by atoms with van der Waals surface area (Å²) in [5.41, 5.74) is 0.959. The first-order valence-electron chi connectivity index (χ1n) is 5.05. The fraction of sp³-hybridized carbons (Fsp3) is 0.250. The van der Waals surface area contributed by atoms with E-state index in [2.05, 4.69) is 6.58 Å². The average molecular weight is 289 g/mol. The van der Waals surface area contributed by atoms with Gasteiger partial charge in [-0.15, -0.1) is 0 Å². The van der Waals surface area contributed by atoms with Gasteiger partial charge in [0.25, 0.3) is 0 Å². The molecule has 0 saturated carbocycles. The van der Waals surface area contributed by atoms with Crippen molar-refractivity contribution in [2.45, 2.75) is 5.75 Å². The van der Waals surface area contributed by atoms with Crippen LogP contribution < -0.4 is 0 Å². The molecule has 1 rings (SSSR count). The van der Waals surface area contributed by atoms with Gasteiger partial charge in [0.05, 0.1) is 11.3 Å². The van der Waals surface area contributed by atoms with Gasteiger partial charge in [-0.05, 0) is 17.7 Å². The van der Waals surface area contributed by atoms with Crippen LogP contribution in [-0.4, -0.2) is 27.2 Å². The second-order valence-corrected chi connectivity index (χ2v) is 6.54. The summed E-state index contributed by atoms with van der Waals surface area (Å²) >= 11 is 5.47. The Morgan fingerprint density at radius 1 is 1.33 bits per heavy atom. The number of esters is 1. The first kappa shape index (κ1) is 14.7. The first-order chi connectivity index (χ1) is 8.28. The Morgan fingerprint density at radius 3 is 2.33 bits per heavy atom. The summed E-state index contributed by atoms with van der Waals surface area (Å²) in [6.07, 6.45) is 1.15. The molecule has 6 heteroatoms. The Morgan fingerprint density at radius 2 is 1.89 bits per heavy atom. The van der Waals surface area contributed by atoms with Crippen LogP contribution in [0.2, 0.25) is 0 Å². The molecule has 0 bridgehead atoms. The summed E-state index contributed by atoms with van der Waals surface area (Å²) in [5, 5.41) is 0.233. The van der Waals surface area contributed by atoms with Gasteiger partial charge in [-0.1, -0.05) is 30.3 Å². The summed E-state index contributed by atoms with van der Waals surface area (Å²) in [4.78, 5) is 11.5. The van der Waals surface area contributed by atoms with Crippen molar-refractivity contribution in [2.24, 2.45) is 0 Å². The molecule has 1 aromatic carbocycles. The number of hydrogen-bond donors (Lipinski definition) is 0. The van der Waals surface area contributed by atoms with Gasteiger partial charge in [-0.3, -0.25) is 0 Å². The van der Waals surface area contributed by atoms with Crippen LogP contribution in [-0.2, 0) is 20.3 Å². The number of benzene rings is 1. The smallest absolute Gasteiger partial charge is 0.338 e. The number of halogens is 1. The SMILES string of the molecule is C=C(Cl)COC(=O)c1ccc(CS(C)(=O)=O)cc1. The van der Waals surface area contributed by atoms with Crippen molar-refractivity contribution in [1.82, 2.24) is 0 Å². The van der Waals surface area contributed by atoms with Gasteiger partial charge in [-0.25, -0.2) is 13.2 Å². The average Bonchev–Trinajstić information content (AvgIpc) is 2.24. The second-order valence-electron chi connectivity index (χ2n) is 3.86. The predicted octanol–water partition coefficient (Wildman–Crippen LogP) is 2.14. The molecule has 0 N–H and O–H groups in total. The fourth-order valence-electron chi connectivity index (χ4n) is 1.27. The second kappa shape index (κ2) is 6.02. The summed E-state index contributed by atoms with van der Waals surface area (Å²) in [6.45, 7) is 3.35. The number of rotatable bonds is 5. The third kappa shape index (κ3) is 5.33.